The molecule has 0 atom stereocenters. The molecule has 0 fully saturated rings. The summed E-state index contributed by atoms with van der Waals surface area (Å²) in [6.45, 7) is 0. The van der Waals surface area contributed by atoms with Gasteiger partial charge in [0, 0.05) is 0 Å². The van der Waals surface area contributed by atoms with Crippen LogP contribution < -0.4 is 5.56 Å². The molecule has 70 valence electrons. The van der Waals surface area contributed by atoms with Gasteiger partial charge in [0.05, 0.1) is 22.5 Å². The zero-order valence-corrected chi connectivity index (χ0v) is 8.25. The lowest BCUT2D eigenvalue weighted by Crippen LogP contribution is -2.20. The van der Waals surface area contributed by atoms with E-state index >= 15 is 0 Å². The van der Waals surface area contributed by atoms with Crippen molar-refractivity contribution in [3.05, 3.63) is 40.4 Å². The summed E-state index contributed by atoms with van der Waals surface area (Å²) in [5.74, 6) is 2.49. The van der Waals surface area contributed by atoms with E-state index in [0.29, 0.717) is 0 Å². The monoisotopic (exact) mass is 204 g/mol. The third-order valence-corrected chi connectivity index (χ3v) is 3.30. The zero-order chi connectivity index (χ0) is 9.54. The van der Waals surface area contributed by atoms with E-state index in [9.17, 15) is 4.79 Å². The second kappa shape index (κ2) is 2.85. The predicted molar refractivity (Wildman–Crippen MR) is 57.3 cm³/mol. The lowest BCUT2D eigenvalue weighted by molar-refractivity contribution is 0.800. The van der Waals surface area contributed by atoms with Gasteiger partial charge >= 0.3 is 0 Å². The van der Waals surface area contributed by atoms with Crippen LogP contribution in [0.4, 0.5) is 0 Å². The van der Waals surface area contributed by atoms with Crippen molar-refractivity contribution in [1.29, 1.82) is 0 Å². The minimum Gasteiger partial charge on any atom is -0.285 e. The first-order valence-electron chi connectivity index (χ1n) is 4.42. The van der Waals surface area contributed by atoms with Crippen LogP contribution >= 0.6 is 11.8 Å². The average molecular weight is 204 g/mol. The summed E-state index contributed by atoms with van der Waals surface area (Å²) in [5.41, 5.74) is 0.904. The summed E-state index contributed by atoms with van der Waals surface area (Å²) in [6.07, 6.45) is 0. The second-order valence-electron chi connectivity index (χ2n) is 3.26. The summed E-state index contributed by atoms with van der Waals surface area (Å²) in [6, 6.07) is 7.51. The molecule has 1 aromatic heterocycles. The second-order valence-corrected chi connectivity index (χ2v) is 4.21. The Labute approximate surface area is 84.8 Å². The molecule has 0 bridgehead atoms. The standard InChI is InChI=1S/C10H8N2OS/c13-10-7-3-1-2-4-8(7)11-9-5-14-6-12(9)10/h1-4H,5-6H2. The summed E-state index contributed by atoms with van der Waals surface area (Å²) in [4.78, 5) is 16.4. The Balaban J connectivity index is 2.50. The fourth-order valence-corrected chi connectivity index (χ4v) is 2.63. The van der Waals surface area contributed by atoms with E-state index in [4.69, 9.17) is 0 Å². The minimum absolute atomic E-state index is 0.0931. The Morgan fingerprint density at radius 2 is 2.21 bits per heavy atom. The van der Waals surface area contributed by atoms with E-state index < -0.39 is 0 Å². The fraction of sp³-hybridized carbons (Fsp3) is 0.200. The first-order valence-corrected chi connectivity index (χ1v) is 5.58. The SMILES string of the molecule is O=c1c2ccccc2nc2n1CSC2. The number of rotatable bonds is 0. The molecule has 0 N–H and O–H groups in total. The van der Waals surface area contributed by atoms with Crippen molar-refractivity contribution in [2.24, 2.45) is 0 Å². The van der Waals surface area contributed by atoms with Crippen molar-refractivity contribution >= 4 is 22.7 Å². The molecule has 0 saturated heterocycles. The van der Waals surface area contributed by atoms with Gasteiger partial charge < -0.3 is 0 Å². The summed E-state index contributed by atoms with van der Waals surface area (Å²) >= 11 is 1.73. The van der Waals surface area contributed by atoms with E-state index in [1.807, 2.05) is 24.3 Å². The fourth-order valence-electron chi connectivity index (χ4n) is 1.69. The van der Waals surface area contributed by atoms with Crippen LogP contribution in [0.3, 0.4) is 0 Å². The smallest absolute Gasteiger partial charge is 0.262 e. The molecule has 0 spiro atoms. The van der Waals surface area contributed by atoms with Crippen LogP contribution in [0.2, 0.25) is 0 Å². The highest BCUT2D eigenvalue weighted by molar-refractivity contribution is 7.97. The van der Waals surface area contributed by atoms with Crippen molar-refractivity contribution < 1.29 is 0 Å². The van der Waals surface area contributed by atoms with Crippen LogP contribution in [0, 0.1) is 0 Å². The number of benzene rings is 1. The van der Waals surface area contributed by atoms with E-state index in [1.54, 1.807) is 16.3 Å². The van der Waals surface area contributed by atoms with E-state index in [0.717, 1.165) is 28.4 Å². The molecule has 2 heterocycles. The van der Waals surface area contributed by atoms with Crippen molar-refractivity contribution in [2.45, 2.75) is 11.6 Å². The van der Waals surface area contributed by atoms with E-state index in [2.05, 4.69) is 4.98 Å². The quantitative estimate of drug-likeness (QED) is 0.653. The molecule has 3 nitrogen and oxygen atoms in total. The Bertz CT molecular complexity index is 562. The number of fused-ring (bicyclic) bond motifs is 2. The van der Waals surface area contributed by atoms with Gasteiger partial charge in [-0.05, 0) is 12.1 Å². The highest BCUT2D eigenvalue weighted by Crippen LogP contribution is 2.21. The molecule has 0 unspecified atom stereocenters. The Kier molecular flexibility index (Phi) is 1.64. The maximum atomic E-state index is 11.9. The number of nitrogens with zero attached hydrogens (tertiary/aromatic N) is 2. The van der Waals surface area contributed by atoms with Gasteiger partial charge in [0.1, 0.15) is 5.82 Å². The number of aromatic nitrogens is 2. The number of thioether (sulfide) groups is 1. The highest BCUT2D eigenvalue weighted by Gasteiger charge is 2.15. The summed E-state index contributed by atoms with van der Waals surface area (Å²) in [5, 5.41) is 0.721. The van der Waals surface area contributed by atoms with Crippen LogP contribution in [0.1, 0.15) is 5.82 Å². The average Bonchev–Trinajstić information content (AvgIpc) is 2.66. The Hall–Kier alpha value is -1.29. The van der Waals surface area contributed by atoms with Crippen LogP contribution in [0.25, 0.3) is 10.9 Å². The third kappa shape index (κ3) is 1.00. The normalized spacial score (nSPS) is 14.6. The van der Waals surface area contributed by atoms with Gasteiger partial charge in [0.15, 0.2) is 0 Å². The Morgan fingerprint density at radius 3 is 3.14 bits per heavy atom. The molecular weight excluding hydrogens is 196 g/mol. The van der Waals surface area contributed by atoms with Crippen LogP contribution in [-0.2, 0) is 11.6 Å². The van der Waals surface area contributed by atoms with E-state index in [1.165, 1.54) is 0 Å². The first-order chi connectivity index (χ1) is 6.86. The third-order valence-electron chi connectivity index (χ3n) is 2.39. The topological polar surface area (TPSA) is 34.9 Å². The Morgan fingerprint density at radius 1 is 1.36 bits per heavy atom. The van der Waals surface area contributed by atoms with Crippen molar-refractivity contribution in [3.63, 3.8) is 0 Å². The molecule has 1 aliphatic heterocycles. The largest absolute Gasteiger partial charge is 0.285 e. The number of para-hydroxylation sites is 1. The van der Waals surface area contributed by atoms with Gasteiger partial charge in [0.25, 0.3) is 5.56 Å². The lowest BCUT2D eigenvalue weighted by Gasteiger charge is -2.02. The number of hydrogen-bond acceptors (Lipinski definition) is 3. The summed E-state index contributed by atoms with van der Waals surface area (Å²) < 4.78 is 1.76. The van der Waals surface area contributed by atoms with Gasteiger partial charge in [-0.2, -0.15) is 0 Å². The van der Waals surface area contributed by atoms with Gasteiger partial charge in [0.2, 0.25) is 0 Å². The molecule has 0 saturated carbocycles. The molecule has 3 rings (SSSR count). The molecule has 4 heteroatoms. The van der Waals surface area contributed by atoms with Crippen LogP contribution in [0.15, 0.2) is 29.1 Å². The molecule has 1 aliphatic rings. The number of hydrogen-bond donors (Lipinski definition) is 0. The van der Waals surface area contributed by atoms with Crippen molar-refractivity contribution in [3.8, 4) is 0 Å². The molecule has 0 aliphatic carbocycles. The molecule has 0 amide bonds. The molecule has 14 heavy (non-hydrogen) atoms. The predicted octanol–water partition coefficient (Wildman–Crippen LogP) is 1.60. The first kappa shape index (κ1) is 8.05. The van der Waals surface area contributed by atoms with Crippen molar-refractivity contribution in [1.82, 2.24) is 9.55 Å². The molecule has 2 aromatic rings. The minimum atomic E-state index is 0.0931. The maximum absolute atomic E-state index is 11.9. The maximum Gasteiger partial charge on any atom is 0.262 e. The molecule has 1 aromatic carbocycles. The highest BCUT2D eigenvalue weighted by atomic mass is 32.2. The van der Waals surface area contributed by atoms with Crippen LogP contribution in [-0.4, -0.2) is 9.55 Å². The van der Waals surface area contributed by atoms with Crippen LogP contribution in [0.5, 0.6) is 0 Å². The lowest BCUT2D eigenvalue weighted by atomic mass is 10.2. The summed E-state index contributed by atoms with van der Waals surface area (Å²) in [7, 11) is 0. The molecule has 0 radical (unpaired) electrons. The van der Waals surface area contributed by atoms with Gasteiger partial charge in [-0.15, -0.1) is 11.8 Å². The van der Waals surface area contributed by atoms with Crippen molar-refractivity contribution in [2.75, 3.05) is 0 Å². The zero-order valence-electron chi connectivity index (χ0n) is 7.43. The van der Waals surface area contributed by atoms with E-state index in [-0.39, 0.29) is 5.56 Å². The van der Waals surface area contributed by atoms with Gasteiger partial charge in [-0.1, -0.05) is 12.1 Å². The molecular formula is C10H8N2OS. The van der Waals surface area contributed by atoms with Gasteiger partial charge in [-0.3, -0.25) is 9.36 Å². The van der Waals surface area contributed by atoms with Gasteiger partial charge in [-0.25, -0.2) is 4.98 Å².